The number of nitriles is 3. The van der Waals surface area contributed by atoms with Crippen molar-refractivity contribution < 1.29 is 9.47 Å². The SMILES string of the molecule is N#CC1(C#N)[C@@H](c2ccc(Br)cc2)O[C@@]23CCCC[C@H]2[C@]1(C#N)C(=N)O3. The molecule has 26 heavy (non-hydrogen) atoms. The van der Waals surface area contributed by atoms with Crippen LogP contribution in [0.3, 0.4) is 0 Å². The first kappa shape index (κ1) is 17.0. The van der Waals surface area contributed by atoms with Crippen molar-refractivity contribution in [2.75, 3.05) is 0 Å². The molecular formula is C19H15BrN4O2. The lowest BCUT2D eigenvalue weighted by molar-refractivity contribution is -0.294. The first-order valence-electron chi connectivity index (χ1n) is 8.45. The van der Waals surface area contributed by atoms with E-state index in [0.29, 0.717) is 18.4 Å². The molecule has 0 aromatic heterocycles. The normalized spacial score (nSPS) is 36.8. The zero-order chi connectivity index (χ0) is 18.6. The van der Waals surface area contributed by atoms with Gasteiger partial charge >= 0.3 is 0 Å². The lowest BCUT2D eigenvalue weighted by Crippen LogP contribution is -2.60. The van der Waals surface area contributed by atoms with E-state index in [4.69, 9.17) is 14.9 Å². The van der Waals surface area contributed by atoms with Crippen molar-refractivity contribution in [2.24, 2.45) is 16.7 Å². The molecule has 2 aliphatic heterocycles. The monoisotopic (exact) mass is 410 g/mol. The molecule has 4 rings (SSSR count). The standard InChI is InChI=1S/C19H15BrN4O2/c20-13-6-4-12(5-7-13)15-17(9-21,10-22)18(11-23)14-3-1-2-8-19(14,25-15)26-16(18)24/h4-7,14-15,24H,1-3,8H2/t14-,15+,18+,19+/m0/s1. The first-order chi connectivity index (χ1) is 12.5. The van der Waals surface area contributed by atoms with Gasteiger partial charge in [0.2, 0.25) is 17.1 Å². The Morgan fingerprint density at radius 3 is 2.38 bits per heavy atom. The summed E-state index contributed by atoms with van der Waals surface area (Å²) in [7, 11) is 0. The Hall–Kier alpha value is -2.40. The second kappa shape index (κ2) is 5.55. The number of hydrogen-bond donors (Lipinski definition) is 1. The summed E-state index contributed by atoms with van der Waals surface area (Å²) in [4.78, 5) is 0. The average molecular weight is 411 g/mol. The Balaban J connectivity index is 1.99. The molecule has 6 nitrogen and oxygen atoms in total. The number of rotatable bonds is 1. The first-order valence-corrected chi connectivity index (χ1v) is 9.24. The van der Waals surface area contributed by atoms with Gasteiger partial charge in [-0.2, -0.15) is 15.8 Å². The largest absolute Gasteiger partial charge is 0.447 e. The van der Waals surface area contributed by atoms with Crippen LogP contribution in [0.1, 0.15) is 37.4 Å². The second-order valence-corrected chi connectivity index (χ2v) is 7.96. The van der Waals surface area contributed by atoms with E-state index in [9.17, 15) is 15.8 Å². The minimum atomic E-state index is -1.85. The smallest absolute Gasteiger partial charge is 0.217 e. The molecule has 1 N–H and O–H groups in total. The van der Waals surface area contributed by atoms with Crippen molar-refractivity contribution in [3.05, 3.63) is 34.3 Å². The van der Waals surface area contributed by atoms with E-state index in [-0.39, 0.29) is 5.90 Å². The van der Waals surface area contributed by atoms with Crippen LogP contribution in [-0.4, -0.2) is 11.7 Å². The summed E-state index contributed by atoms with van der Waals surface area (Å²) in [6.45, 7) is 0. The lowest BCUT2D eigenvalue weighted by Gasteiger charge is -2.51. The van der Waals surface area contributed by atoms with Gasteiger partial charge in [0.15, 0.2) is 5.41 Å². The number of hydrogen-bond acceptors (Lipinski definition) is 6. The molecule has 4 atom stereocenters. The molecule has 0 spiro atoms. The molecule has 1 aromatic carbocycles. The summed E-state index contributed by atoms with van der Waals surface area (Å²) in [5, 5.41) is 38.7. The van der Waals surface area contributed by atoms with Crippen LogP contribution in [0.5, 0.6) is 0 Å². The highest BCUT2D eigenvalue weighted by Gasteiger charge is 2.80. The van der Waals surface area contributed by atoms with E-state index >= 15 is 0 Å². The Kier molecular flexibility index (Phi) is 3.63. The predicted octanol–water partition coefficient (Wildman–Crippen LogP) is 3.96. The third-order valence-electron chi connectivity index (χ3n) is 5.99. The summed E-state index contributed by atoms with van der Waals surface area (Å²) in [6.07, 6.45) is 1.87. The average Bonchev–Trinajstić information content (AvgIpc) is 2.87. The predicted molar refractivity (Wildman–Crippen MR) is 93.2 cm³/mol. The van der Waals surface area contributed by atoms with Crippen LogP contribution in [0.25, 0.3) is 0 Å². The van der Waals surface area contributed by atoms with Gasteiger partial charge in [0.25, 0.3) is 0 Å². The van der Waals surface area contributed by atoms with E-state index in [1.165, 1.54) is 0 Å². The van der Waals surface area contributed by atoms with Gasteiger partial charge in [-0.3, -0.25) is 5.41 Å². The summed E-state index contributed by atoms with van der Waals surface area (Å²) >= 11 is 3.37. The highest BCUT2D eigenvalue weighted by atomic mass is 79.9. The van der Waals surface area contributed by atoms with Crippen LogP contribution in [0.2, 0.25) is 0 Å². The van der Waals surface area contributed by atoms with Crippen molar-refractivity contribution >= 4 is 21.8 Å². The van der Waals surface area contributed by atoms with Crippen LogP contribution in [0.15, 0.2) is 28.7 Å². The van der Waals surface area contributed by atoms with Gasteiger partial charge in [-0.15, -0.1) is 0 Å². The fourth-order valence-corrected chi connectivity index (χ4v) is 5.06. The van der Waals surface area contributed by atoms with Gasteiger partial charge < -0.3 is 9.47 Å². The van der Waals surface area contributed by atoms with Crippen molar-refractivity contribution in [3.8, 4) is 18.2 Å². The molecule has 2 bridgehead atoms. The second-order valence-electron chi connectivity index (χ2n) is 7.04. The summed E-state index contributed by atoms with van der Waals surface area (Å²) in [5.41, 5.74) is -2.86. The zero-order valence-electron chi connectivity index (χ0n) is 13.8. The number of benzene rings is 1. The van der Waals surface area contributed by atoms with Crippen molar-refractivity contribution in [1.29, 1.82) is 21.2 Å². The topological polar surface area (TPSA) is 114 Å². The van der Waals surface area contributed by atoms with Crippen LogP contribution in [0.4, 0.5) is 0 Å². The van der Waals surface area contributed by atoms with Crippen molar-refractivity contribution in [2.45, 2.75) is 37.6 Å². The molecule has 3 fully saturated rings. The van der Waals surface area contributed by atoms with Crippen LogP contribution >= 0.6 is 15.9 Å². The summed E-state index contributed by atoms with van der Waals surface area (Å²) in [5.74, 6) is -1.91. The molecule has 2 saturated heterocycles. The Morgan fingerprint density at radius 1 is 1.08 bits per heavy atom. The van der Waals surface area contributed by atoms with Crippen LogP contribution in [0, 0.1) is 56.2 Å². The van der Waals surface area contributed by atoms with Crippen LogP contribution < -0.4 is 0 Å². The number of ether oxygens (including phenoxy) is 2. The lowest BCUT2D eigenvalue weighted by atomic mass is 9.51. The Morgan fingerprint density at radius 2 is 1.77 bits per heavy atom. The quantitative estimate of drug-likeness (QED) is 0.752. The van der Waals surface area contributed by atoms with E-state index < -0.39 is 28.6 Å². The van der Waals surface area contributed by atoms with Gasteiger partial charge in [-0.25, -0.2) is 0 Å². The van der Waals surface area contributed by atoms with E-state index in [2.05, 4.69) is 34.1 Å². The summed E-state index contributed by atoms with van der Waals surface area (Å²) in [6, 6.07) is 13.5. The molecule has 0 radical (unpaired) electrons. The third kappa shape index (κ3) is 1.79. The van der Waals surface area contributed by atoms with E-state index in [1.54, 1.807) is 24.3 Å². The highest BCUT2D eigenvalue weighted by Crippen LogP contribution is 2.69. The van der Waals surface area contributed by atoms with Crippen molar-refractivity contribution in [3.63, 3.8) is 0 Å². The molecule has 130 valence electrons. The maximum absolute atomic E-state index is 10.1. The number of nitrogens with zero attached hydrogens (tertiary/aromatic N) is 3. The fourth-order valence-electron chi connectivity index (χ4n) is 4.80. The van der Waals surface area contributed by atoms with Gasteiger partial charge in [0.1, 0.15) is 6.10 Å². The molecule has 1 aliphatic carbocycles. The molecule has 3 aliphatic rings. The number of nitrogens with one attached hydrogen (secondary N) is 1. The van der Waals surface area contributed by atoms with Gasteiger partial charge in [0.05, 0.1) is 24.1 Å². The molecule has 0 unspecified atom stereocenters. The fraction of sp³-hybridized carbons (Fsp3) is 0.474. The Bertz CT molecular complexity index is 895. The van der Waals surface area contributed by atoms with E-state index in [0.717, 1.165) is 17.3 Å². The molecular weight excluding hydrogens is 396 g/mol. The van der Waals surface area contributed by atoms with Crippen LogP contribution in [-0.2, 0) is 9.47 Å². The molecule has 1 aromatic rings. The molecule has 2 heterocycles. The molecule has 7 heteroatoms. The van der Waals surface area contributed by atoms with Gasteiger partial charge in [0, 0.05) is 10.9 Å². The molecule has 0 amide bonds. The zero-order valence-corrected chi connectivity index (χ0v) is 15.4. The molecule has 1 saturated carbocycles. The summed E-state index contributed by atoms with van der Waals surface area (Å²) < 4.78 is 13.0. The van der Waals surface area contributed by atoms with E-state index in [1.807, 2.05) is 0 Å². The minimum absolute atomic E-state index is 0.311. The maximum atomic E-state index is 10.1. The third-order valence-corrected chi connectivity index (χ3v) is 6.52. The Labute approximate surface area is 159 Å². The van der Waals surface area contributed by atoms with Gasteiger partial charge in [-0.1, -0.05) is 34.5 Å². The minimum Gasteiger partial charge on any atom is -0.447 e. The number of halogens is 1. The van der Waals surface area contributed by atoms with Gasteiger partial charge in [-0.05, 0) is 30.5 Å². The maximum Gasteiger partial charge on any atom is 0.217 e. The van der Waals surface area contributed by atoms with Crippen molar-refractivity contribution in [1.82, 2.24) is 0 Å². The highest BCUT2D eigenvalue weighted by molar-refractivity contribution is 9.10.